The summed E-state index contributed by atoms with van der Waals surface area (Å²) in [6.07, 6.45) is 0. The number of pyridine rings is 1. The smallest absolute Gasteiger partial charge is 0.366 e. The first-order valence-electron chi connectivity index (χ1n) is 10.6. The molecule has 5 rings (SSSR count). The van der Waals surface area contributed by atoms with Gasteiger partial charge in [0.25, 0.3) is 5.88 Å². The summed E-state index contributed by atoms with van der Waals surface area (Å²) in [5, 5.41) is 12.6. The SMILES string of the molecule is CN1CC(c2cccc(Cl)n2)n2c(O)c(-c3cc(Cl)cc(Cl)c3)c(=O)[n+](Cc3ccccc3)c21. The zero-order valence-corrected chi connectivity index (χ0v) is 20.4. The van der Waals surface area contributed by atoms with Crippen LogP contribution in [0.15, 0.2) is 71.5 Å². The van der Waals surface area contributed by atoms with Gasteiger partial charge in [-0.3, -0.25) is 4.90 Å². The number of nitrogens with zero attached hydrogens (tertiary/aromatic N) is 4. The molecule has 34 heavy (non-hydrogen) atoms. The summed E-state index contributed by atoms with van der Waals surface area (Å²) in [5.41, 5.74) is 1.83. The van der Waals surface area contributed by atoms with Crippen LogP contribution < -0.4 is 15.0 Å². The van der Waals surface area contributed by atoms with Crippen LogP contribution in [0.2, 0.25) is 15.2 Å². The molecule has 0 aliphatic carbocycles. The zero-order chi connectivity index (χ0) is 24.0. The van der Waals surface area contributed by atoms with Crippen LogP contribution in [0.25, 0.3) is 11.1 Å². The summed E-state index contributed by atoms with van der Waals surface area (Å²) in [7, 11) is 1.88. The van der Waals surface area contributed by atoms with Crippen LogP contribution in [0, 0.1) is 0 Å². The molecule has 0 spiro atoms. The molecule has 0 saturated heterocycles. The van der Waals surface area contributed by atoms with E-state index in [0.29, 0.717) is 45.5 Å². The number of anilines is 1. The van der Waals surface area contributed by atoms with Crippen LogP contribution in [0.1, 0.15) is 17.3 Å². The van der Waals surface area contributed by atoms with E-state index in [1.807, 2.05) is 54.4 Å². The Balaban J connectivity index is 1.81. The predicted octanol–water partition coefficient (Wildman–Crippen LogP) is 4.95. The summed E-state index contributed by atoms with van der Waals surface area (Å²) >= 11 is 18.7. The van der Waals surface area contributed by atoms with E-state index < -0.39 is 0 Å². The molecule has 6 nitrogen and oxygen atoms in total. The maximum Gasteiger partial charge on any atom is 0.366 e. The molecular weight excluding hydrogens is 495 g/mol. The van der Waals surface area contributed by atoms with Crippen LogP contribution in [-0.4, -0.2) is 28.3 Å². The molecule has 2 aromatic heterocycles. The van der Waals surface area contributed by atoms with Crippen molar-refractivity contribution >= 4 is 40.8 Å². The largest absolute Gasteiger partial charge is 0.483 e. The van der Waals surface area contributed by atoms with Crippen molar-refractivity contribution < 1.29 is 9.67 Å². The molecule has 2 aromatic carbocycles. The van der Waals surface area contributed by atoms with Crippen molar-refractivity contribution in [1.82, 2.24) is 9.55 Å². The lowest BCUT2D eigenvalue weighted by molar-refractivity contribution is -0.692. The topological polar surface area (TPSA) is 62.2 Å². The lowest BCUT2D eigenvalue weighted by atomic mass is 10.1. The van der Waals surface area contributed by atoms with Crippen molar-refractivity contribution in [3.63, 3.8) is 0 Å². The standard InChI is InChI=1S/C25H19Cl3N4O2/c1-30-14-20(19-8-5-9-21(28)29-19)32-24(34)22(16-10-17(26)12-18(27)11-16)23(33)31(25(30)32)13-15-6-3-2-4-7-15/h2-12,20H,13-14H2,1H3/p+1. The third-order valence-corrected chi connectivity index (χ3v) is 6.53. The van der Waals surface area contributed by atoms with E-state index in [9.17, 15) is 9.90 Å². The Labute approximate surface area is 211 Å². The van der Waals surface area contributed by atoms with Gasteiger partial charge in [0.05, 0.1) is 12.7 Å². The number of aromatic nitrogens is 3. The molecule has 1 aliphatic rings. The summed E-state index contributed by atoms with van der Waals surface area (Å²) in [5.74, 6) is 0.383. The number of likely N-dealkylation sites (N-methyl/N-ethyl adjacent to an activating group) is 1. The average molecular weight is 515 g/mol. The Morgan fingerprint density at radius 2 is 1.74 bits per heavy atom. The molecule has 0 saturated carbocycles. The van der Waals surface area contributed by atoms with Crippen LogP contribution in [0.5, 0.6) is 5.88 Å². The minimum absolute atomic E-state index is 0.117. The van der Waals surface area contributed by atoms with Crippen LogP contribution in [-0.2, 0) is 6.54 Å². The van der Waals surface area contributed by atoms with Crippen LogP contribution >= 0.6 is 34.8 Å². The van der Waals surface area contributed by atoms with Crippen LogP contribution in [0.3, 0.4) is 0 Å². The molecule has 1 N–H and O–H groups in total. The molecule has 1 atom stereocenters. The molecule has 0 radical (unpaired) electrons. The van der Waals surface area contributed by atoms with E-state index in [2.05, 4.69) is 4.98 Å². The van der Waals surface area contributed by atoms with Gasteiger partial charge in [-0.25, -0.2) is 9.78 Å². The monoisotopic (exact) mass is 513 g/mol. The van der Waals surface area contributed by atoms with Gasteiger partial charge < -0.3 is 5.11 Å². The third kappa shape index (κ3) is 4.02. The zero-order valence-electron chi connectivity index (χ0n) is 18.1. The van der Waals surface area contributed by atoms with E-state index in [4.69, 9.17) is 34.8 Å². The van der Waals surface area contributed by atoms with Gasteiger partial charge in [-0.15, -0.1) is 0 Å². The molecule has 172 valence electrons. The van der Waals surface area contributed by atoms with Gasteiger partial charge in [0.1, 0.15) is 23.8 Å². The Bertz CT molecular complexity index is 1440. The van der Waals surface area contributed by atoms with Gasteiger partial charge >= 0.3 is 11.5 Å². The number of hydrogen-bond donors (Lipinski definition) is 1. The second-order valence-corrected chi connectivity index (χ2v) is 9.45. The molecule has 1 unspecified atom stereocenters. The van der Waals surface area contributed by atoms with Crippen LogP contribution in [0.4, 0.5) is 5.95 Å². The summed E-state index contributed by atoms with van der Waals surface area (Å²) < 4.78 is 3.39. The highest BCUT2D eigenvalue weighted by Gasteiger charge is 2.43. The summed E-state index contributed by atoms with van der Waals surface area (Å²) in [6.45, 7) is 0.811. The predicted molar refractivity (Wildman–Crippen MR) is 134 cm³/mol. The molecule has 0 fully saturated rings. The fourth-order valence-corrected chi connectivity index (χ4v) is 5.16. The molecule has 1 aliphatic heterocycles. The van der Waals surface area contributed by atoms with E-state index in [0.717, 1.165) is 5.56 Å². The van der Waals surface area contributed by atoms with E-state index >= 15 is 0 Å². The van der Waals surface area contributed by atoms with Gasteiger partial charge in [0, 0.05) is 10.0 Å². The highest BCUT2D eigenvalue weighted by atomic mass is 35.5. The molecule has 0 bridgehead atoms. The summed E-state index contributed by atoms with van der Waals surface area (Å²) in [4.78, 5) is 20.3. The van der Waals surface area contributed by atoms with Crippen molar-refractivity contribution in [1.29, 1.82) is 0 Å². The lowest BCUT2D eigenvalue weighted by Crippen LogP contribution is -2.54. The molecular formula is C25H20Cl3N4O2+. The number of halogens is 3. The first-order valence-corrected chi connectivity index (χ1v) is 11.7. The van der Waals surface area contributed by atoms with E-state index in [1.54, 1.807) is 33.4 Å². The van der Waals surface area contributed by atoms with Gasteiger partial charge in [-0.05, 0) is 41.5 Å². The molecule has 3 heterocycles. The molecule has 4 aromatic rings. The second kappa shape index (κ2) is 8.95. The number of fused-ring (bicyclic) bond motifs is 1. The fourth-order valence-electron chi connectivity index (χ4n) is 4.46. The lowest BCUT2D eigenvalue weighted by Gasteiger charge is -2.16. The van der Waals surface area contributed by atoms with Crippen molar-refractivity contribution in [2.24, 2.45) is 0 Å². The quantitative estimate of drug-likeness (QED) is 0.309. The van der Waals surface area contributed by atoms with Gasteiger partial charge in [-0.1, -0.05) is 71.2 Å². The maximum atomic E-state index is 13.9. The maximum absolute atomic E-state index is 13.9. The third-order valence-electron chi connectivity index (χ3n) is 5.88. The second-order valence-electron chi connectivity index (χ2n) is 8.19. The number of rotatable bonds is 4. The van der Waals surface area contributed by atoms with E-state index in [-0.39, 0.29) is 23.0 Å². The van der Waals surface area contributed by atoms with Gasteiger partial charge in [0.2, 0.25) is 0 Å². The van der Waals surface area contributed by atoms with Crippen molar-refractivity contribution in [3.05, 3.63) is 104 Å². The highest BCUT2D eigenvalue weighted by Crippen LogP contribution is 2.39. The number of hydrogen-bond acceptors (Lipinski definition) is 4. The van der Waals surface area contributed by atoms with Gasteiger partial charge in [-0.2, -0.15) is 9.13 Å². The van der Waals surface area contributed by atoms with Crippen molar-refractivity contribution in [2.75, 3.05) is 18.5 Å². The first kappa shape index (κ1) is 22.7. The fraction of sp³-hybridized carbons (Fsp3) is 0.160. The number of aromatic hydroxyl groups is 1. The Morgan fingerprint density at radius 1 is 1.03 bits per heavy atom. The summed E-state index contributed by atoms with van der Waals surface area (Å²) in [6, 6.07) is 19.5. The normalized spacial score (nSPS) is 14.9. The molecule has 0 amide bonds. The Hall–Kier alpha value is -3.06. The molecule has 9 heteroatoms. The van der Waals surface area contributed by atoms with Gasteiger partial charge in [0.15, 0.2) is 6.04 Å². The Morgan fingerprint density at radius 3 is 2.41 bits per heavy atom. The number of benzene rings is 2. The van der Waals surface area contributed by atoms with E-state index in [1.165, 1.54) is 0 Å². The van der Waals surface area contributed by atoms with Crippen molar-refractivity contribution in [2.45, 2.75) is 12.6 Å². The Kier molecular flexibility index (Phi) is 5.98. The minimum atomic E-state index is -0.366. The minimum Gasteiger partial charge on any atom is -0.483 e. The first-order chi connectivity index (χ1) is 16.3. The van der Waals surface area contributed by atoms with Crippen molar-refractivity contribution in [3.8, 4) is 17.0 Å². The highest BCUT2D eigenvalue weighted by molar-refractivity contribution is 6.35. The average Bonchev–Trinajstić information content (AvgIpc) is 3.14.